The number of carboxylic acids is 1. The average molecular weight is 335 g/mol. The van der Waals surface area contributed by atoms with Gasteiger partial charge in [0.15, 0.2) is 0 Å². The SMILES string of the molecule is Cn1ccnc1C(CC(=O)NCCC(C)(C)C(=O)O)C(F)(F)F. The topological polar surface area (TPSA) is 84.2 Å². The number of halogens is 3. The Hall–Kier alpha value is -2.06. The lowest BCUT2D eigenvalue weighted by atomic mass is 9.89. The molecule has 130 valence electrons. The molecule has 1 amide bonds. The first-order valence-electron chi connectivity index (χ1n) is 6.99. The molecule has 1 unspecified atom stereocenters. The number of nitrogens with zero attached hydrogens (tertiary/aromatic N) is 2. The Morgan fingerprint density at radius 2 is 2.00 bits per heavy atom. The van der Waals surface area contributed by atoms with Gasteiger partial charge >= 0.3 is 12.1 Å². The fourth-order valence-corrected chi connectivity index (χ4v) is 1.95. The molecule has 0 aromatic carbocycles. The van der Waals surface area contributed by atoms with Crippen molar-refractivity contribution >= 4 is 11.9 Å². The predicted molar refractivity (Wildman–Crippen MR) is 75.7 cm³/mol. The maximum absolute atomic E-state index is 13.1. The minimum atomic E-state index is -4.60. The van der Waals surface area contributed by atoms with E-state index in [0.717, 1.165) is 0 Å². The van der Waals surface area contributed by atoms with Crippen LogP contribution in [0.25, 0.3) is 0 Å². The molecule has 9 heteroatoms. The summed E-state index contributed by atoms with van der Waals surface area (Å²) in [5.74, 6) is -4.07. The Bertz CT molecular complexity index is 567. The van der Waals surface area contributed by atoms with E-state index in [4.69, 9.17) is 5.11 Å². The van der Waals surface area contributed by atoms with Crippen molar-refractivity contribution in [2.45, 2.75) is 38.8 Å². The van der Waals surface area contributed by atoms with E-state index in [1.807, 2.05) is 0 Å². The molecule has 0 saturated carbocycles. The number of hydrogen-bond donors (Lipinski definition) is 2. The van der Waals surface area contributed by atoms with Crippen molar-refractivity contribution in [3.63, 3.8) is 0 Å². The zero-order chi connectivity index (χ0) is 17.8. The normalized spacial score (nSPS) is 13.7. The Kier molecular flexibility index (Phi) is 5.79. The summed E-state index contributed by atoms with van der Waals surface area (Å²) in [7, 11) is 1.42. The highest BCUT2D eigenvalue weighted by atomic mass is 19.4. The molecule has 0 spiro atoms. The number of hydrogen-bond acceptors (Lipinski definition) is 3. The number of aliphatic carboxylic acids is 1. The number of aryl methyl sites for hydroxylation is 1. The smallest absolute Gasteiger partial charge is 0.399 e. The van der Waals surface area contributed by atoms with Crippen LogP contribution in [-0.2, 0) is 16.6 Å². The van der Waals surface area contributed by atoms with Gasteiger partial charge in [0.25, 0.3) is 0 Å². The van der Waals surface area contributed by atoms with Gasteiger partial charge in [0.1, 0.15) is 11.7 Å². The molecule has 1 aromatic rings. The molecule has 0 aliphatic heterocycles. The summed E-state index contributed by atoms with van der Waals surface area (Å²) in [6.07, 6.45) is -2.66. The number of carbonyl (C=O) groups is 2. The van der Waals surface area contributed by atoms with Crippen molar-refractivity contribution in [3.05, 3.63) is 18.2 Å². The second kappa shape index (κ2) is 7.01. The van der Waals surface area contributed by atoms with E-state index < -0.39 is 35.8 Å². The van der Waals surface area contributed by atoms with Crippen LogP contribution >= 0.6 is 0 Å². The zero-order valence-corrected chi connectivity index (χ0v) is 13.1. The standard InChI is InChI=1S/C14H20F3N3O3/c1-13(2,12(22)23)4-5-18-10(21)8-9(14(15,16)17)11-19-6-7-20(11)3/h6-7,9H,4-5,8H2,1-3H3,(H,18,21)(H,22,23). The predicted octanol–water partition coefficient (Wildman–Crippen LogP) is 2.07. The number of imidazole rings is 1. The Morgan fingerprint density at radius 3 is 2.43 bits per heavy atom. The monoisotopic (exact) mass is 335 g/mol. The molecular weight excluding hydrogens is 315 g/mol. The summed E-state index contributed by atoms with van der Waals surface area (Å²) in [6.45, 7) is 2.95. The molecule has 23 heavy (non-hydrogen) atoms. The lowest BCUT2D eigenvalue weighted by molar-refractivity contribution is -0.159. The van der Waals surface area contributed by atoms with Crippen LogP contribution in [-0.4, -0.2) is 39.3 Å². The van der Waals surface area contributed by atoms with Gasteiger partial charge in [0, 0.05) is 32.4 Å². The third-order valence-electron chi connectivity index (χ3n) is 3.61. The largest absolute Gasteiger partial charge is 0.481 e. The summed E-state index contributed by atoms with van der Waals surface area (Å²) >= 11 is 0. The van der Waals surface area contributed by atoms with Crippen LogP contribution in [0.2, 0.25) is 0 Å². The Morgan fingerprint density at radius 1 is 1.39 bits per heavy atom. The quantitative estimate of drug-likeness (QED) is 0.799. The maximum atomic E-state index is 13.1. The minimum Gasteiger partial charge on any atom is -0.481 e. The van der Waals surface area contributed by atoms with Crippen LogP contribution in [0.3, 0.4) is 0 Å². The van der Waals surface area contributed by atoms with E-state index in [2.05, 4.69) is 10.3 Å². The number of carboxylic acid groups (broad SMARTS) is 1. The van der Waals surface area contributed by atoms with Crippen LogP contribution in [0.4, 0.5) is 13.2 Å². The first-order valence-corrected chi connectivity index (χ1v) is 6.99. The third kappa shape index (κ3) is 5.26. The van der Waals surface area contributed by atoms with Crippen molar-refractivity contribution in [1.29, 1.82) is 0 Å². The molecule has 0 aliphatic carbocycles. The number of rotatable bonds is 7. The highest BCUT2D eigenvalue weighted by Gasteiger charge is 2.44. The van der Waals surface area contributed by atoms with Crippen LogP contribution < -0.4 is 5.32 Å². The maximum Gasteiger partial charge on any atom is 0.399 e. The van der Waals surface area contributed by atoms with E-state index in [-0.39, 0.29) is 18.8 Å². The van der Waals surface area contributed by atoms with Crippen LogP contribution in [0.5, 0.6) is 0 Å². The van der Waals surface area contributed by atoms with Crippen LogP contribution in [0, 0.1) is 5.41 Å². The molecule has 1 rings (SSSR count). The van der Waals surface area contributed by atoms with Crippen molar-refractivity contribution in [3.8, 4) is 0 Å². The molecular formula is C14H20F3N3O3. The number of nitrogens with one attached hydrogen (secondary N) is 1. The number of alkyl halides is 3. The highest BCUT2D eigenvalue weighted by Crippen LogP contribution is 2.36. The summed E-state index contributed by atoms with van der Waals surface area (Å²) in [5, 5.41) is 11.3. The summed E-state index contributed by atoms with van der Waals surface area (Å²) in [4.78, 5) is 26.4. The number of amides is 1. The average Bonchev–Trinajstić information content (AvgIpc) is 2.80. The second-order valence-corrected chi connectivity index (χ2v) is 5.98. The van der Waals surface area contributed by atoms with Gasteiger partial charge in [-0.3, -0.25) is 9.59 Å². The fraction of sp³-hybridized carbons (Fsp3) is 0.643. The van der Waals surface area contributed by atoms with Gasteiger partial charge in [-0.1, -0.05) is 0 Å². The van der Waals surface area contributed by atoms with Crippen LogP contribution in [0.15, 0.2) is 12.4 Å². The number of aromatic nitrogens is 2. The number of carbonyl (C=O) groups excluding carboxylic acids is 1. The molecule has 0 saturated heterocycles. The summed E-state index contributed by atoms with van der Waals surface area (Å²) in [6, 6.07) is 0. The molecule has 2 N–H and O–H groups in total. The third-order valence-corrected chi connectivity index (χ3v) is 3.61. The molecule has 6 nitrogen and oxygen atoms in total. The molecule has 0 aliphatic rings. The van der Waals surface area contributed by atoms with Gasteiger partial charge in [-0.05, 0) is 20.3 Å². The van der Waals surface area contributed by atoms with Crippen molar-refractivity contribution < 1.29 is 27.9 Å². The van der Waals surface area contributed by atoms with Gasteiger partial charge < -0.3 is 15.0 Å². The Labute approximate surface area is 131 Å². The van der Waals surface area contributed by atoms with Gasteiger partial charge in [-0.25, -0.2) is 4.98 Å². The van der Waals surface area contributed by atoms with E-state index >= 15 is 0 Å². The van der Waals surface area contributed by atoms with Crippen molar-refractivity contribution in [2.24, 2.45) is 12.5 Å². The molecule has 1 atom stereocenters. The minimum absolute atomic E-state index is 0.0106. The van der Waals surface area contributed by atoms with Gasteiger partial charge in [0.2, 0.25) is 5.91 Å². The molecule has 0 fully saturated rings. The lowest BCUT2D eigenvalue weighted by Gasteiger charge is -2.21. The van der Waals surface area contributed by atoms with E-state index in [0.29, 0.717) is 0 Å². The summed E-state index contributed by atoms with van der Waals surface area (Å²) in [5.41, 5.74) is -1.06. The second-order valence-electron chi connectivity index (χ2n) is 5.98. The van der Waals surface area contributed by atoms with Gasteiger partial charge in [-0.15, -0.1) is 0 Å². The van der Waals surface area contributed by atoms with E-state index in [1.54, 1.807) is 0 Å². The highest BCUT2D eigenvalue weighted by molar-refractivity contribution is 5.77. The lowest BCUT2D eigenvalue weighted by Crippen LogP contribution is -2.35. The van der Waals surface area contributed by atoms with Crippen molar-refractivity contribution in [1.82, 2.24) is 14.9 Å². The van der Waals surface area contributed by atoms with Gasteiger partial charge in [0.05, 0.1) is 5.41 Å². The molecule has 0 radical (unpaired) electrons. The van der Waals surface area contributed by atoms with E-state index in [1.165, 1.54) is 37.9 Å². The zero-order valence-electron chi connectivity index (χ0n) is 13.1. The van der Waals surface area contributed by atoms with E-state index in [9.17, 15) is 22.8 Å². The van der Waals surface area contributed by atoms with Crippen LogP contribution in [0.1, 0.15) is 38.4 Å². The Balaban J connectivity index is 2.66. The molecule has 1 heterocycles. The van der Waals surface area contributed by atoms with Crippen molar-refractivity contribution in [2.75, 3.05) is 6.54 Å². The summed E-state index contributed by atoms with van der Waals surface area (Å²) < 4.78 is 40.6. The van der Waals surface area contributed by atoms with Gasteiger partial charge in [-0.2, -0.15) is 13.2 Å². The fourth-order valence-electron chi connectivity index (χ4n) is 1.95. The molecule has 1 aromatic heterocycles. The molecule has 0 bridgehead atoms. The first kappa shape index (κ1) is 19.0. The first-order chi connectivity index (χ1) is 10.4.